The van der Waals surface area contributed by atoms with Gasteiger partial charge < -0.3 is 11.1 Å². The number of hydrogen-bond donors (Lipinski definition) is 2. The highest BCUT2D eigenvalue weighted by Gasteiger charge is 2.15. The van der Waals surface area contributed by atoms with Crippen LogP contribution in [0.3, 0.4) is 0 Å². The number of rotatable bonds is 6. The molecule has 1 heterocycles. The highest BCUT2D eigenvalue weighted by atomic mass is 32.2. The lowest BCUT2D eigenvalue weighted by atomic mass is 10.3. The van der Waals surface area contributed by atoms with Crippen LogP contribution in [0.25, 0.3) is 0 Å². The fourth-order valence-corrected chi connectivity index (χ4v) is 1.61. The number of nitro groups is 1. The van der Waals surface area contributed by atoms with Gasteiger partial charge in [0.25, 0.3) is 0 Å². The monoisotopic (exact) mass is 256 g/mol. The van der Waals surface area contributed by atoms with E-state index in [1.165, 1.54) is 12.1 Å². The van der Waals surface area contributed by atoms with Crippen LogP contribution in [0.15, 0.2) is 12.1 Å². The van der Waals surface area contributed by atoms with Crippen molar-refractivity contribution in [2.45, 2.75) is 18.6 Å². The first-order chi connectivity index (χ1) is 8.04. The van der Waals surface area contributed by atoms with Crippen molar-refractivity contribution in [1.82, 2.24) is 4.98 Å². The number of nitrogens with one attached hydrogen (secondary N) is 1. The molecule has 0 aliphatic heterocycles. The lowest BCUT2D eigenvalue weighted by Crippen LogP contribution is -2.11. The van der Waals surface area contributed by atoms with Gasteiger partial charge in [-0.1, -0.05) is 6.92 Å². The smallest absolute Gasteiger partial charge is 0.311 e. The van der Waals surface area contributed by atoms with Crippen molar-refractivity contribution >= 4 is 29.1 Å². The lowest BCUT2D eigenvalue weighted by molar-refractivity contribution is -0.384. The quantitative estimate of drug-likeness (QED) is 0.598. The van der Waals surface area contributed by atoms with Gasteiger partial charge in [-0.05, 0) is 18.7 Å². The van der Waals surface area contributed by atoms with Crippen molar-refractivity contribution in [2.75, 3.05) is 23.9 Å². The van der Waals surface area contributed by atoms with Gasteiger partial charge in [0.2, 0.25) is 5.82 Å². The number of aromatic nitrogens is 1. The predicted octanol–water partition coefficient (Wildman–Crippen LogP) is 2.13. The molecule has 0 fully saturated rings. The fourth-order valence-electron chi connectivity index (χ4n) is 1.26. The van der Waals surface area contributed by atoms with Gasteiger partial charge in [0.1, 0.15) is 5.82 Å². The Morgan fingerprint density at radius 2 is 2.35 bits per heavy atom. The molecule has 1 aromatic heterocycles. The van der Waals surface area contributed by atoms with E-state index in [0.717, 1.165) is 6.42 Å². The molecule has 0 spiro atoms. The number of hydrogen-bond acceptors (Lipinski definition) is 6. The molecule has 7 heteroatoms. The topological polar surface area (TPSA) is 94.1 Å². The number of nitrogens with two attached hydrogens (primary N) is 1. The van der Waals surface area contributed by atoms with E-state index < -0.39 is 4.92 Å². The lowest BCUT2D eigenvalue weighted by Gasteiger charge is -2.10. The minimum absolute atomic E-state index is 0.0454. The molecule has 0 saturated carbocycles. The number of pyridine rings is 1. The van der Waals surface area contributed by atoms with E-state index in [-0.39, 0.29) is 17.3 Å². The first-order valence-electron chi connectivity index (χ1n) is 5.22. The van der Waals surface area contributed by atoms with Gasteiger partial charge in [-0.2, -0.15) is 11.8 Å². The van der Waals surface area contributed by atoms with Crippen LogP contribution in [0.4, 0.5) is 17.3 Å². The third kappa shape index (κ3) is 4.10. The zero-order valence-corrected chi connectivity index (χ0v) is 10.7. The van der Waals surface area contributed by atoms with Crippen molar-refractivity contribution in [3.05, 3.63) is 22.2 Å². The molecule has 0 bridgehead atoms. The molecule has 0 aromatic carbocycles. The molecule has 6 nitrogen and oxygen atoms in total. The largest absolute Gasteiger partial charge is 0.384 e. The highest BCUT2D eigenvalue weighted by molar-refractivity contribution is 7.99. The first kappa shape index (κ1) is 13.6. The third-order valence-corrected chi connectivity index (χ3v) is 3.38. The summed E-state index contributed by atoms with van der Waals surface area (Å²) in [4.78, 5) is 14.2. The maximum Gasteiger partial charge on any atom is 0.311 e. The first-order valence-corrected chi connectivity index (χ1v) is 6.51. The molecule has 1 unspecified atom stereocenters. The van der Waals surface area contributed by atoms with Crippen molar-refractivity contribution in [1.29, 1.82) is 0 Å². The van der Waals surface area contributed by atoms with Crippen LogP contribution in [-0.2, 0) is 0 Å². The van der Waals surface area contributed by atoms with E-state index in [4.69, 9.17) is 5.73 Å². The summed E-state index contributed by atoms with van der Waals surface area (Å²) in [6.45, 7) is 2.74. The summed E-state index contributed by atoms with van der Waals surface area (Å²) in [6, 6.07) is 2.79. The standard InChI is InChI=1S/C10H16N4O2S/c1-7(17-2)5-6-12-10-8(14(15)16)3-4-9(11)13-10/h3-4,7H,5-6H2,1-2H3,(H3,11,12,13). The average molecular weight is 256 g/mol. The second-order valence-corrected chi connectivity index (χ2v) is 4.90. The Hall–Kier alpha value is -1.50. The van der Waals surface area contributed by atoms with Gasteiger partial charge in [-0.3, -0.25) is 10.1 Å². The minimum Gasteiger partial charge on any atom is -0.384 e. The van der Waals surface area contributed by atoms with E-state index in [2.05, 4.69) is 17.2 Å². The molecule has 1 aromatic rings. The van der Waals surface area contributed by atoms with E-state index in [1.54, 1.807) is 11.8 Å². The molecule has 0 aliphatic carbocycles. The normalized spacial score (nSPS) is 12.1. The molecule has 17 heavy (non-hydrogen) atoms. The summed E-state index contributed by atoms with van der Waals surface area (Å²) in [7, 11) is 0. The van der Waals surface area contributed by atoms with E-state index in [9.17, 15) is 10.1 Å². The Morgan fingerprint density at radius 3 is 2.94 bits per heavy atom. The second kappa shape index (κ2) is 6.29. The van der Waals surface area contributed by atoms with E-state index >= 15 is 0 Å². The van der Waals surface area contributed by atoms with Gasteiger partial charge >= 0.3 is 5.69 Å². The molecule has 0 amide bonds. The summed E-state index contributed by atoms with van der Waals surface area (Å²) in [6.07, 6.45) is 2.95. The van der Waals surface area contributed by atoms with Crippen LogP contribution < -0.4 is 11.1 Å². The Labute approximate surface area is 104 Å². The van der Waals surface area contributed by atoms with E-state index in [1.807, 2.05) is 6.26 Å². The molecule has 3 N–H and O–H groups in total. The number of nitrogen functional groups attached to an aromatic ring is 1. The molecular weight excluding hydrogens is 240 g/mol. The van der Waals surface area contributed by atoms with Gasteiger partial charge in [0.15, 0.2) is 0 Å². The molecular formula is C10H16N4O2S. The number of nitrogens with zero attached hydrogens (tertiary/aromatic N) is 2. The summed E-state index contributed by atoms with van der Waals surface area (Å²) in [5.41, 5.74) is 5.46. The molecule has 1 rings (SSSR count). The SMILES string of the molecule is CSC(C)CCNc1nc(N)ccc1[N+](=O)[O-]. The highest BCUT2D eigenvalue weighted by Crippen LogP contribution is 2.23. The average Bonchev–Trinajstić information content (AvgIpc) is 2.28. The van der Waals surface area contributed by atoms with Crippen LogP contribution in [0.1, 0.15) is 13.3 Å². The summed E-state index contributed by atoms with van der Waals surface area (Å²) in [5, 5.41) is 14.2. The molecule has 1 atom stereocenters. The molecule has 0 aliphatic rings. The van der Waals surface area contributed by atoms with Crippen LogP contribution in [-0.4, -0.2) is 28.0 Å². The van der Waals surface area contributed by atoms with E-state index in [0.29, 0.717) is 11.8 Å². The maximum atomic E-state index is 10.8. The summed E-state index contributed by atoms with van der Waals surface area (Å²) < 4.78 is 0. The van der Waals surface area contributed by atoms with Crippen LogP contribution in [0.5, 0.6) is 0 Å². The fraction of sp³-hybridized carbons (Fsp3) is 0.500. The van der Waals surface area contributed by atoms with Crippen molar-refractivity contribution in [3.8, 4) is 0 Å². The van der Waals surface area contributed by atoms with Gasteiger partial charge in [0, 0.05) is 17.9 Å². The Kier molecular flexibility index (Phi) is 5.02. The number of thioether (sulfide) groups is 1. The predicted molar refractivity (Wildman–Crippen MR) is 71.4 cm³/mol. The van der Waals surface area contributed by atoms with Crippen LogP contribution in [0, 0.1) is 10.1 Å². The van der Waals surface area contributed by atoms with Crippen LogP contribution >= 0.6 is 11.8 Å². The van der Waals surface area contributed by atoms with Gasteiger partial charge in [0.05, 0.1) is 4.92 Å². The second-order valence-electron chi connectivity index (χ2n) is 3.62. The number of anilines is 2. The molecule has 0 radical (unpaired) electrons. The van der Waals surface area contributed by atoms with Crippen molar-refractivity contribution < 1.29 is 4.92 Å². The Morgan fingerprint density at radius 1 is 1.65 bits per heavy atom. The zero-order valence-electron chi connectivity index (χ0n) is 9.84. The minimum atomic E-state index is -0.466. The zero-order chi connectivity index (χ0) is 12.8. The Bertz CT molecular complexity index is 400. The summed E-state index contributed by atoms with van der Waals surface area (Å²) >= 11 is 1.75. The van der Waals surface area contributed by atoms with Gasteiger partial charge in [-0.25, -0.2) is 4.98 Å². The summed E-state index contributed by atoms with van der Waals surface area (Å²) in [5.74, 6) is 0.513. The molecule has 94 valence electrons. The van der Waals surface area contributed by atoms with Crippen LogP contribution in [0.2, 0.25) is 0 Å². The van der Waals surface area contributed by atoms with Crippen molar-refractivity contribution in [2.24, 2.45) is 0 Å². The third-order valence-electron chi connectivity index (χ3n) is 2.34. The molecule has 0 saturated heterocycles. The Balaban J connectivity index is 2.68. The van der Waals surface area contributed by atoms with Crippen molar-refractivity contribution in [3.63, 3.8) is 0 Å². The van der Waals surface area contributed by atoms with Gasteiger partial charge in [-0.15, -0.1) is 0 Å². The maximum absolute atomic E-state index is 10.8.